The minimum absolute atomic E-state index is 0.0178. The van der Waals surface area contributed by atoms with Crippen LogP contribution >= 0.6 is 0 Å². The van der Waals surface area contributed by atoms with Crippen molar-refractivity contribution in [3.8, 4) is 0 Å². The van der Waals surface area contributed by atoms with Crippen LogP contribution in [0.15, 0.2) is 48.9 Å². The van der Waals surface area contributed by atoms with Gasteiger partial charge in [-0.25, -0.2) is 4.98 Å². The molecule has 5 heteroatoms. The van der Waals surface area contributed by atoms with Crippen molar-refractivity contribution in [2.24, 2.45) is 0 Å². The van der Waals surface area contributed by atoms with Gasteiger partial charge in [0, 0.05) is 38.4 Å². The van der Waals surface area contributed by atoms with Gasteiger partial charge >= 0.3 is 0 Å². The van der Waals surface area contributed by atoms with Crippen LogP contribution in [-0.2, 0) is 6.42 Å². The second kappa shape index (κ2) is 9.02. The molecule has 0 fully saturated rings. The zero-order valence-corrected chi connectivity index (χ0v) is 12.6. The first kappa shape index (κ1) is 16.3. The highest BCUT2D eigenvalue weighted by molar-refractivity contribution is 5.93. The lowest BCUT2D eigenvalue weighted by Crippen LogP contribution is -2.31. The molecule has 1 N–H and O–H groups in total. The van der Waals surface area contributed by atoms with Crippen LogP contribution in [0.3, 0.4) is 0 Å². The molecule has 0 radical (unpaired) electrons. The van der Waals surface area contributed by atoms with Gasteiger partial charge in [0.2, 0.25) is 0 Å². The Morgan fingerprint density at radius 1 is 1.09 bits per heavy atom. The number of nitrogens with zero attached hydrogens (tertiary/aromatic N) is 3. The fourth-order valence-electron chi connectivity index (χ4n) is 2.24. The van der Waals surface area contributed by atoms with E-state index in [1.54, 1.807) is 6.20 Å². The molecule has 116 valence electrons. The first-order valence-electron chi connectivity index (χ1n) is 7.46. The van der Waals surface area contributed by atoms with Crippen LogP contribution in [0.25, 0.3) is 0 Å². The van der Waals surface area contributed by atoms with Crippen LogP contribution in [-0.4, -0.2) is 52.0 Å². The average molecular weight is 299 g/mol. The number of benzene rings is 1. The SMILES string of the molecule is O=C(CCN(CCO)CCc1ccccc1)c1cnccn1. The minimum atomic E-state index is -0.0178. The van der Waals surface area contributed by atoms with Gasteiger partial charge in [-0.15, -0.1) is 0 Å². The Balaban J connectivity index is 1.82. The van der Waals surface area contributed by atoms with Crippen LogP contribution in [0.1, 0.15) is 22.5 Å². The number of hydrogen-bond acceptors (Lipinski definition) is 5. The molecule has 2 rings (SSSR count). The standard InChI is InChI=1S/C17H21N3O2/c21-13-12-20(10-6-15-4-2-1-3-5-15)11-7-17(22)16-14-18-8-9-19-16/h1-5,8-9,14,21H,6-7,10-13H2. The summed E-state index contributed by atoms with van der Waals surface area (Å²) in [6, 6.07) is 10.2. The Morgan fingerprint density at radius 3 is 2.59 bits per heavy atom. The van der Waals surface area contributed by atoms with E-state index in [1.807, 2.05) is 18.2 Å². The van der Waals surface area contributed by atoms with Gasteiger partial charge in [-0.05, 0) is 12.0 Å². The van der Waals surface area contributed by atoms with Crippen molar-refractivity contribution >= 4 is 5.78 Å². The van der Waals surface area contributed by atoms with E-state index in [9.17, 15) is 4.79 Å². The first-order chi connectivity index (χ1) is 10.8. The lowest BCUT2D eigenvalue weighted by atomic mass is 10.1. The number of aliphatic hydroxyl groups excluding tert-OH is 1. The maximum atomic E-state index is 12.0. The second-order valence-corrected chi connectivity index (χ2v) is 5.06. The summed E-state index contributed by atoms with van der Waals surface area (Å²) in [7, 11) is 0. The van der Waals surface area contributed by atoms with E-state index in [1.165, 1.54) is 18.0 Å². The Morgan fingerprint density at radius 2 is 1.91 bits per heavy atom. The largest absolute Gasteiger partial charge is 0.395 e. The van der Waals surface area contributed by atoms with Crippen LogP contribution in [0.5, 0.6) is 0 Å². The summed E-state index contributed by atoms with van der Waals surface area (Å²) in [6.45, 7) is 2.09. The summed E-state index contributed by atoms with van der Waals surface area (Å²) in [5, 5.41) is 9.17. The van der Waals surface area contributed by atoms with Gasteiger partial charge in [-0.2, -0.15) is 0 Å². The average Bonchev–Trinajstić information content (AvgIpc) is 2.59. The van der Waals surface area contributed by atoms with Crippen LogP contribution in [0.4, 0.5) is 0 Å². The third-order valence-electron chi connectivity index (χ3n) is 3.48. The topological polar surface area (TPSA) is 66.3 Å². The third-order valence-corrected chi connectivity index (χ3v) is 3.48. The molecule has 22 heavy (non-hydrogen) atoms. The van der Waals surface area contributed by atoms with Gasteiger partial charge in [-0.3, -0.25) is 9.78 Å². The van der Waals surface area contributed by atoms with Crippen molar-refractivity contribution in [3.05, 3.63) is 60.2 Å². The van der Waals surface area contributed by atoms with Crippen LogP contribution < -0.4 is 0 Å². The summed E-state index contributed by atoms with van der Waals surface area (Å²) in [5.41, 5.74) is 1.65. The molecule has 0 spiro atoms. The highest BCUT2D eigenvalue weighted by atomic mass is 16.3. The molecule has 0 amide bonds. The fourth-order valence-corrected chi connectivity index (χ4v) is 2.24. The van der Waals surface area contributed by atoms with E-state index in [2.05, 4.69) is 27.0 Å². The van der Waals surface area contributed by atoms with Crippen molar-refractivity contribution in [1.82, 2.24) is 14.9 Å². The Kier molecular flexibility index (Phi) is 6.67. The lowest BCUT2D eigenvalue weighted by Gasteiger charge is -2.20. The zero-order valence-electron chi connectivity index (χ0n) is 12.6. The fraction of sp³-hybridized carbons (Fsp3) is 0.353. The molecule has 0 aliphatic heterocycles. The predicted molar refractivity (Wildman–Crippen MR) is 84.7 cm³/mol. The molecule has 1 heterocycles. The van der Waals surface area contributed by atoms with E-state index in [0.717, 1.165) is 13.0 Å². The summed E-state index contributed by atoms with van der Waals surface area (Å²) >= 11 is 0. The highest BCUT2D eigenvalue weighted by Gasteiger charge is 2.11. The van der Waals surface area contributed by atoms with E-state index >= 15 is 0 Å². The van der Waals surface area contributed by atoms with Gasteiger partial charge in [-0.1, -0.05) is 30.3 Å². The minimum Gasteiger partial charge on any atom is -0.395 e. The molecule has 0 bridgehead atoms. The molecular formula is C17H21N3O2. The molecule has 1 aromatic heterocycles. The van der Waals surface area contributed by atoms with Gasteiger partial charge < -0.3 is 10.0 Å². The molecule has 5 nitrogen and oxygen atoms in total. The van der Waals surface area contributed by atoms with E-state index in [0.29, 0.717) is 25.2 Å². The van der Waals surface area contributed by atoms with Gasteiger partial charge in [0.25, 0.3) is 0 Å². The number of ketones is 1. The molecule has 0 aliphatic carbocycles. The molecular weight excluding hydrogens is 278 g/mol. The van der Waals surface area contributed by atoms with Crippen LogP contribution in [0, 0.1) is 0 Å². The number of Topliss-reactive ketones (excluding diaryl/α,β-unsaturated/α-hetero) is 1. The number of carbonyl (C=O) groups excluding carboxylic acids is 1. The third kappa shape index (κ3) is 5.35. The summed E-state index contributed by atoms with van der Waals surface area (Å²) in [5.74, 6) is -0.0178. The van der Waals surface area contributed by atoms with E-state index < -0.39 is 0 Å². The monoisotopic (exact) mass is 299 g/mol. The number of hydrogen-bond donors (Lipinski definition) is 1. The predicted octanol–water partition coefficient (Wildman–Crippen LogP) is 1.59. The van der Waals surface area contributed by atoms with Gasteiger partial charge in [0.15, 0.2) is 5.78 Å². The molecule has 0 saturated carbocycles. The summed E-state index contributed by atoms with van der Waals surface area (Å²) < 4.78 is 0. The molecule has 0 aliphatic rings. The normalized spacial score (nSPS) is 10.8. The van der Waals surface area contributed by atoms with E-state index in [-0.39, 0.29) is 12.4 Å². The highest BCUT2D eigenvalue weighted by Crippen LogP contribution is 2.04. The maximum absolute atomic E-state index is 12.0. The number of rotatable bonds is 9. The van der Waals surface area contributed by atoms with Gasteiger partial charge in [0.1, 0.15) is 5.69 Å². The number of aromatic nitrogens is 2. The van der Waals surface area contributed by atoms with Crippen LogP contribution in [0.2, 0.25) is 0 Å². The number of carbonyl (C=O) groups is 1. The molecule has 1 aromatic carbocycles. The summed E-state index contributed by atoms with van der Waals surface area (Å²) in [4.78, 5) is 22.1. The molecule has 0 unspecified atom stereocenters. The Labute approximate surface area is 130 Å². The van der Waals surface area contributed by atoms with Crippen molar-refractivity contribution in [1.29, 1.82) is 0 Å². The van der Waals surface area contributed by atoms with Crippen molar-refractivity contribution in [2.45, 2.75) is 12.8 Å². The quantitative estimate of drug-likeness (QED) is 0.712. The van der Waals surface area contributed by atoms with Crippen molar-refractivity contribution in [2.75, 3.05) is 26.2 Å². The summed E-state index contributed by atoms with van der Waals surface area (Å²) in [6.07, 6.45) is 5.85. The molecule has 0 atom stereocenters. The lowest BCUT2D eigenvalue weighted by molar-refractivity contribution is 0.0952. The molecule has 0 saturated heterocycles. The molecule has 2 aromatic rings. The zero-order chi connectivity index (χ0) is 15.6. The second-order valence-electron chi connectivity index (χ2n) is 5.06. The van der Waals surface area contributed by atoms with Gasteiger partial charge in [0.05, 0.1) is 12.8 Å². The number of aliphatic hydroxyl groups is 1. The van der Waals surface area contributed by atoms with E-state index in [4.69, 9.17) is 5.11 Å². The van der Waals surface area contributed by atoms with Crippen molar-refractivity contribution in [3.63, 3.8) is 0 Å². The Bertz CT molecular complexity index is 561. The first-order valence-corrected chi connectivity index (χ1v) is 7.46. The Hall–Kier alpha value is -2.11. The van der Waals surface area contributed by atoms with Crippen molar-refractivity contribution < 1.29 is 9.90 Å². The smallest absolute Gasteiger partial charge is 0.184 e. The maximum Gasteiger partial charge on any atom is 0.184 e.